The van der Waals surface area contributed by atoms with Crippen molar-refractivity contribution in [3.8, 4) is 0 Å². The zero-order valence-corrected chi connectivity index (χ0v) is 12.6. The molecule has 1 aliphatic rings. The first-order chi connectivity index (χ1) is 9.61. The van der Waals surface area contributed by atoms with Gasteiger partial charge in [0.1, 0.15) is 0 Å². The number of carbonyl (C=O) groups excluding carboxylic acids is 1. The number of hydrogen-bond donors (Lipinski definition) is 2. The van der Waals surface area contributed by atoms with Crippen LogP contribution in [-0.4, -0.2) is 18.5 Å². The van der Waals surface area contributed by atoms with Crippen molar-refractivity contribution in [2.24, 2.45) is 17.6 Å². The largest absolute Gasteiger partial charge is 0.353 e. The maximum Gasteiger partial charge on any atom is 0.223 e. The summed E-state index contributed by atoms with van der Waals surface area (Å²) in [6.07, 6.45) is 4.11. The number of aryl methyl sites for hydroxylation is 1. The molecule has 1 aromatic carbocycles. The van der Waals surface area contributed by atoms with E-state index in [-0.39, 0.29) is 17.9 Å². The van der Waals surface area contributed by atoms with Crippen molar-refractivity contribution in [2.75, 3.05) is 6.54 Å². The molecule has 3 N–H and O–H groups in total. The summed E-state index contributed by atoms with van der Waals surface area (Å²) >= 11 is 0. The molecule has 110 valence electrons. The molecular weight excluding hydrogens is 248 g/mol. The molecule has 1 aromatic rings. The van der Waals surface area contributed by atoms with E-state index in [0.29, 0.717) is 12.5 Å². The number of nitrogens with one attached hydrogen (secondary N) is 1. The summed E-state index contributed by atoms with van der Waals surface area (Å²) in [4.78, 5) is 12.3. The topological polar surface area (TPSA) is 55.1 Å². The molecule has 0 radical (unpaired) electrons. The van der Waals surface area contributed by atoms with E-state index in [1.165, 1.54) is 11.1 Å². The lowest BCUT2D eigenvalue weighted by Crippen LogP contribution is -2.40. The molecule has 1 amide bonds. The highest BCUT2D eigenvalue weighted by molar-refractivity contribution is 5.79. The molecule has 1 saturated carbocycles. The Balaban J connectivity index is 1.89. The minimum Gasteiger partial charge on any atom is -0.353 e. The van der Waals surface area contributed by atoms with Crippen LogP contribution in [0.3, 0.4) is 0 Å². The van der Waals surface area contributed by atoms with Crippen LogP contribution in [0.4, 0.5) is 0 Å². The monoisotopic (exact) mass is 274 g/mol. The van der Waals surface area contributed by atoms with Crippen LogP contribution in [0, 0.1) is 18.8 Å². The van der Waals surface area contributed by atoms with Gasteiger partial charge in [-0.05, 0) is 56.7 Å². The van der Waals surface area contributed by atoms with Gasteiger partial charge >= 0.3 is 0 Å². The normalized spacial score (nSPS) is 23.6. The number of carbonyl (C=O) groups is 1. The second-order valence-electron chi connectivity index (χ2n) is 6.07. The lowest BCUT2D eigenvalue weighted by molar-refractivity contribution is -0.126. The minimum absolute atomic E-state index is 0.124. The molecule has 0 spiro atoms. The fourth-order valence-corrected chi connectivity index (χ4v) is 3.23. The molecule has 3 heteroatoms. The Morgan fingerprint density at radius 2 is 2.15 bits per heavy atom. The second-order valence-corrected chi connectivity index (χ2v) is 6.07. The number of rotatable bonds is 5. The third-order valence-electron chi connectivity index (χ3n) is 4.47. The SMILES string of the molecule is Cc1ccccc1CC(C)NC(=O)C1CCCC1CN. The van der Waals surface area contributed by atoms with E-state index in [1.54, 1.807) is 0 Å². The zero-order chi connectivity index (χ0) is 14.5. The summed E-state index contributed by atoms with van der Waals surface area (Å²) in [5.41, 5.74) is 8.35. The van der Waals surface area contributed by atoms with Crippen LogP contribution >= 0.6 is 0 Å². The van der Waals surface area contributed by atoms with Gasteiger partial charge in [-0.15, -0.1) is 0 Å². The average molecular weight is 274 g/mol. The highest BCUT2D eigenvalue weighted by Gasteiger charge is 2.32. The molecule has 2 rings (SSSR count). The summed E-state index contributed by atoms with van der Waals surface area (Å²) in [7, 11) is 0. The standard InChI is InChI=1S/C17H26N2O/c1-12-6-3-4-7-14(12)10-13(2)19-17(20)16-9-5-8-15(16)11-18/h3-4,6-7,13,15-16H,5,8-11,18H2,1-2H3,(H,19,20). The molecule has 3 unspecified atom stereocenters. The third kappa shape index (κ3) is 3.60. The van der Waals surface area contributed by atoms with Gasteiger partial charge in [0.2, 0.25) is 5.91 Å². The van der Waals surface area contributed by atoms with Crippen molar-refractivity contribution in [3.05, 3.63) is 35.4 Å². The maximum atomic E-state index is 12.3. The van der Waals surface area contributed by atoms with Crippen LogP contribution in [0.1, 0.15) is 37.3 Å². The van der Waals surface area contributed by atoms with Crippen molar-refractivity contribution < 1.29 is 4.79 Å². The van der Waals surface area contributed by atoms with E-state index in [4.69, 9.17) is 5.73 Å². The van der Waals surface area contributed by atoms with E-state index in [2.05, 4.69) is 37.4 Å². The van der Waals surface area contributed by atoms with Crippen LogP contribution in [0.5, 0.6) is 0 Å². The van der Waals surface area contributed by atoms with Crippen molar-refractivity contribution >= 4 is 5.91 Å². The van der Waals surface area contributed by atoms with Gasteiger partial charge in [-0.3, -0.25) is 4.79 Å². The number of amides is 1. The molecule has 0 bridgehead atoms. The smallest absolute Gasteiger partial charge is 0.223 e. The highest BCUT2D eigenvalue weighted by Crippen LogP contribution is 2.31. The Kier molecular flexibility index (Phi) is 5.18. The molecule has 0 aliphatic heterocycles. The molecule has 1 fully saturated rings. The molecule has 3 nitrogen and oxygen atoms in total. The van der Waals surface area contributed by atoms with Crippen LogP contribution in [0.15, 0.2) is 24.3 Å². The molecule has 3 atom stereocenters. The minimum atomic E-state index is 0.124. The van der Waals surface area contributed by atoms with Crippen LogP contribution in [0.2, 0.25) is 0 Å². The van der Waals surface area contributed by atoms with Gasteiger partial charge in [0, 0.05) is 12.0 Å². The Labute approximate surface area is 121 Å². The summed E-state index contributed by atoms with van der Waals surface area (Å²) in [5, 5.41) is 3.17. The van der Waals surface area contributed by atoms with E-state index < -0.39 is 0 Å². The van der Waals surface area contributed by atoms with Crippen LogP contribution < -0.4 is 11.1 Å². The Bertz CT molecular complexity index is 458. The summed E-state index contributed by atoms with van der Waals surface area (Å²) in [6, 6.07) is 8.52. The highest BCUT2D eigenvalue weighted by atomic mass is 16.1. The van der Waals surface area contributed by atoms with E-state index in [0.717, 1.165) is 25.7 Å². The average Bonchev–Trinajstić information content (AvgIpc) is 2.89. The number of nitrogens with two attached hydrogens (primary N) is 1. The van der Waals surface area contributed by atoms with Crippen molar-refractivity contribution in [3.63, 3.8) is 0 Å². The van der Waals surface area contributed by atoms with Crippen LogP contribution in [-0.2, 0) is 11.2 Å². The van der Waals surface area contributed by atoms with Gasteiger partial charge in [-0.2, -0.15) is 0 Å². The van der Waals surface area contributed by atoms with E-state index in [1.807, 2.05) is 6.07 Å². The first-order valence-corrected chi connectivity index (χ1v) is 7.66. The Hall–Kier alpha value is -1.35. The second kappa shape index (κ2) is 6.89. The van der Waals surface area contributed by atoms with Gasteiger partial charge in [0.15, 0.2) is 0 Å². The molecule has 1 aliphatic carbocycles. The summed E-state index contributed by atoms with van der Waals surface area (Å²) < 4.78 is 0. The van der Waals surface area contributed by atoms with Gasteiger partial charge in [0.05, 0.1) is 0 Å². The van der Waals surface area contributed by atoms with Gasteiger partial charge < -0.3 is 11.1 Å². The molecule has 0 saturated heterocycles. The Morgan fingerprint density at radius 3 is 2.85 bits per heavy atom. The molecular formula is C17H26N2O. The maximum absolute atomic E-state index is 12.3. The summed E-state index contributed by atoms with van der Waals surface area (Å²) in [6.45, 7) is 4.83. The predicted molar refractivity (Wildman–Crippen MR) is 82.4 cm³/mol. The van der Waals surface area contributed by atoms with Crippen molar-refractivity contribution in [1.82, 2.24) is 5.32 Å². The number of benzene rings is 1. The Morgan fingerprint density at radius 1 is 1.40 bits per heavy atom. The summed E-state index contributed by atoms with van der Waals surface area (Å²) in [5.74, 6) is 0.694. The van der Waals surface area contributed by atoms with Gasteiger partial charge in [-0.25, -0.2) is 0 Å². The fraction of sp³-hybridized carbons (Fsp3) is 0.588. The third-order valence-corrected chi connectivity index (χ3v) is 4.47. The van der Waals surface area contributed by atoms with Crippen LogP contribution in [0.25, 0.3) is 0 Å². The fourth-order valence-electron chi connectivity index (χ4n) is 3.23. The first-order valence-electron chi connectivity index (χ1n) is 7.66. The van der Waals surface area contributed by atoms with Crippen molar-refractivity contribution in [1.29, 1.82) is 0 Å². The zero-order valence-electron chi connectivity index (χ0n) is 12.6. The predicted octanol–water partition coefficient (Wildman–Crippen LogP) is 2.42. The number of hydrogen-bond acceptors (Lipinski definition) is 2. The van der Waals surface area contributed by atoms with E-state index >= 15 is 0 Å². The lowest BCUT2D eigenvalue weighted by Gasteiger charge is -2.21. The molecule has 20 heavy (non-hydrogen) atoms. The van der Waals surface area contributed by atoms with Gasteiger partial charge in [-0.1, -0.05) is 30.7 Å². The first kappa shape index (κ1) is 15.0. The lowest BCUT2D eigenvalue weighted by atomic mass is 9.94. The van der Waals surface area contributed by atoms with Crippen molar-refractivity contribution in [2.45, 2.75) is 45.6 Å². The van der Waals surface area contributed by atoms with Gasteiger partial charge in [0.25, 0.3) is 0 Å². The molecule has 0 heterocycles. The molecule has 0 aromatic heterocycles. The van der Waals surface area contributed by atoms with E-state index in [9.17, 15) is 4.79 Å². The quantitative estimate of drug-likeness (QED) is 0.866.